The summed E-state index contributed by atoms with van der Waals surface area (Å²) in [6, 6.07) is 10.6. The lowest BCUT2D eigenvalue weighted by molar-refractivity contribution is -0.198. The van der Waals surface area contributed by atoms with Crippen molar-refractivity contribution < 1.29 is 36.9 Å². The van der Waals surface area contributed by atoms with Crippen LogP contribution in [0.5, 0.6) is 11.6 Å². The smallest absolute Gasteiger partial charge is 0.429 e. The van der Waals surface area contributed by atoms with Gasteiger partial charge in [-0.2, -0.15) is 23.1 Å². The molecule has 13 heteroatoms. The van der Waals surface area contributed by atoms with Crippen molar-refractivity contribution in [3.05, 3.63) is 59.9 Å². The summed E-state index contributed by atoms with van der Waals surface area (Å²) in [6.07, 6.45) is -5.21. The molecule has 9 nitrogen and oxygen atoms in total. The highest BCUT2D eigenvalue weighted by atomic mass is 19.4. The van der Waals surface area contributed by atoms with Gasteiger partial charge in [0.25, 0.3) is 0 Å². The number of nitrogens with two attached hydrogens (primary N) is 1. The lowest BCUT2D eigenvalue weighted by Crippen LogP contribution is -2.41. The Morgan fingerprint density at radius 1 is 1.14 bits per heavy atom. The van der Waals surface area contributed by atoms with Gasteiger partial charge in [-0.1, -0.05) is 30.3 Å². The molecule has 2 aromatic carbocycles. The molecule has 1 unspecified atom stereocenters. The lowest BCUT2D eigenvalue weighted by atomic mass is 9.76. The molecule has 1 aromatic heterocycles. The fraction of sp³-hybridized carbons (Fsp3) is 0.414. The number of carboxylic acid groups (broad SMARTS) is 1. The highest BCUT2D eigenvalue weighted by Gasteiger charge is 2.45. The second-order valence-electron chi connectivity index (χ2n) is 10.6. The second-order valence-corrected chi connectivity index (χ2v) is 10.6. The van der Waals surface area contributed by atoms with Crippen molar-refractivity contribution in [3.63, 3.8) is 0 Å². The first-order chi connectivity index (χ1) is 20.0. The van der Waals surface area contributed by atoms with Crippen molar-refractivity contribution in [1.29, 1.82) is 0 Å². The number of hydrogen-bond donors (Lipinski definition) is 3. The van der Waals surface area contributed by atoms with E-state index in [1.807, 2.05) is 4.90 Å². The monoisotopic (exact) mass is 589 g/mol. The van der Waals surface area contributed by atoms with Gasteiger partial charge in [0.1, 0.15) is 11.9 Å². The third-order valence-corrected chi connectivity index (χ3v) is 7.83. The zero-order chi connectivity index (χ0) is 30.1. The van der Waals surface area contributed by atoms with E-state index in [0.717, 1.165) is 0 Å². The number of anilines is 2. The summed E-state index contributed by atoms with van der Waals surface area (Å²) in [4.78, 5) is 21.4. The summed E-state index contributed by atoms with van der Waals surface area (Å²) in [7, 11) is 0. The van der Waals surface area contributed by atoms with Gasteiger partial charge in [0.05, 0.1) is 6.61 Å². The lowest BCUT2D eigenvalue weighted by Gasteiger charge is -2.39. The number of alkyl halides is 3. The molecular weight excluding hydrogens is 558 g/mol. The molecule has 0 amide bonds. The van der Waals surface area contributed by atoms with Crippen molar-refractivity contribution in [2.75, 3.05) is 36.9 Å². The van der Waals surface area contributed by atoms with E-state index in [2.05, 4.69) is 15.3 Å². The van der Waals surface area contributed by atoms with Crippen molar-refractivity contribution >= 4 is 17.7 Å². The Bertz CT molecular complexity index is 1430. The number of carbonyl (C=O) groups is 1. The van der Waals surface area contributed by atoms with Crippen LogP contribution in [0.2, 0.25) is 0 Å². The van der Waals surface area contributed by atoms with Gasteiger partial charge in [-0.25, -0.2) is 4.39 Å². The number of ether oxygens (including phenoxy) is 2. The number of aromatic nitrogens is 2. The summed E-state index contributed by atoms with van der Waals surface area (Å²) in [5, 5.41) is 12.4. The topological polar surface area (TPSA) is 123 Å². The highest BCUT2D eigenvalue weighted by Crippen LogP contribution is 2.41. The van der Waals surface area contributed by atoms with Gasteiger partial charge in [0, 0.05) is 31.3 Å². The van der Waals surface area contributed by atoms with Gasteiger partial charge in [-0.3, -0.25) is 4.79 Å². The van der Waals surface area contributed by atoms with Crippen LogP contribution in [0.3, 0.4) is 0 Å². The fourth-order valence-electron chi connectivity index (χ4n) is 5.58. The van der Waals surface area contributed by atoms with E-state index in [0.29, 0.717) is 62.4 Å². The zero-order valence-electron chi connectivity index (χ0n) is 22.8. The highest BCUT2D eigenvalue weighted by molar-refractivity contribution is 5.74. The standard InChI is InChI=1S/C29H31F4N5O4/c1-2-41-22-8-7-19(13-20(22)30)17-3-5-18(6-4-17)25(29(31,32)33)42-24-14-23(36-27(34)37-24)38-11-9-28(10-12-38)15-21(26(39)40)35-16-28/h3-8,13-14,21,25,35H,2,9-12,15-16H2,1H3,(H,39,40)(H2,34,36,37)/t21-,25?/m0/s1. The van der Waals surface area contributed by atoms with Crippen LogP contribution in [0.1, 0.15) is 37.9 Å². The molecule has 0 radical (unpaired) electrons. The van der Waals surface area contributed by atoms with Gasteiger partial charge >= 0.3 is 12.1 Å². The summed E-state index contributed by atoms with van der Waals surface area (Å²) in [5.74, 6) is -1.57. The molecule has 3 aromatic rings. The Labute approximate surface area is 239 Å². The average Bonchev–Trinajstić information content (AvgIpc) is 3.36. The molecule has 0 bridgehead atoms. The molecule has 0 aliphatic carbocycles. The molecular formula is C29H31F4N5O4. The summed E-state index contributed by atoms with van der Waals surface area (Å²) in [6.45, 7) is 3.68. The van der Waals surface area contributed by atoms with E-state index >= 15 is 0 Å². The molecule has 224 valence electrons. The maximum atomic E-state index is 14.3. The van der Waals surface area contributed by atoms with Crippen LogP contribution in [0.25, 0.3) is 11.1 Å². The van der Waals surface area contributed by atoms with Crippen LogP contribution >= 0.6 is 0 Å². The molecule has 2 fully saturated rings. The van der Waals surface area contributed by atoms with E-state index < -0.39 is 30.1 Å². The van der Waals surface area contributed by atoms with Crippen LogP contribution in [-0.4, -0.2) is 59.5 Å². The molecule has 2 saturated heterocycles. The number of carboxylic acids is 1. The van der Waals surface area contributed by atoms with Crippen LogP contribution in [0.4, 0.5) is 29.3 Å². The van der Waals surface area contributed by atoms with Gasteiger partial charge < -0.3 is 30.5 Å². The number of nitrogens with zero attached hydrogens (tertiary/aromatic N) is 3. The second kappa shape index (κ2) is 11.6. The first-order valence-electron chi connectivity index (χ1n) is 13.6. The zero-order valence-corrected chi connectivity index (χ0v) is 22.8. The molecule has 5 rings (SSSR count). The maximum Gasteiger partial charge on any atom is 0.429 e. The van der Waals surface area contributed by atoms with Crippen LogP contribution in [-0.2, 0) is 4.79 Å². The number of piperidine rings is 1. The quantitative estimate of drug-likeness (QED) is 0.312. The van der Waals surface area contributed by atoms with Crippen molar-refractivity contribution in [1.82, 2.24) is 15.3 Å². The molecule has 2 aliphatic rings. The number of benzene rings is 2. The first-order valence-corrected chi connectivity index (χ1v) is 13.6. The molecule has 2 aliphatic heterocycles. The number of nitrogen functional groups attached to an aromatic ring is 1. The Hall–Kier alpha value is -4.13. The number of hydrogen-bond acceptors (Lipinski definition) is 8. The predicted molar refractivity (Wildman–Crippen MR) is 147 cm³/mol. The van der Waals surface area contributed by atoms with E-state index in [4.69, 9.17) is 15.2 Å². The van der Waals surface area contributed by atoms with Crippen molar-refractivity contribution in [2.45, 2.75) is 44.5 Å². The minimum atomic E-state index is -4.78. The predicted octanol–water partition coefficient (Wildman–Crippen LogP) is 4.98. The van der Waals surface area contributed by atoms with Crippen molar-refractivity contribution in [3.8, 4) is 22.8 Å². The molecule has 2 atom stereocenters. The normalized spacial score (nSPS) is 19.1. The van der Waals surface area contributed by atoms with E-state index in [1.165, 1.54) is 42.5 Å². The van der Waals surface area contributed by atoms with Gasteiger partial charge in [-0.05, 0) is 54.9 Å². The van der Waals surface area contributed by atoms with Gasteiger partial charge in [-0.15, -0.1) is 0 Å². The van der Waals surface area contributed by atoms with Gasteiger partial charge in [0.2, 0.25) is 17.9 Å². The SMILES string of the molecule is CCOc1ccc(-c2ccc(C(Oc3cc(N4CCC5(CC4)CN[C@H](C(=O)O)C5)nc(N)n3)C(F)(F)F)cc2)cc1F. The Kier molecular flexibility index (Phi) is 8.13. The summed E-state index contributed by atoms with van der Waals surface area (Å²) < 4.78 is 67.4. The fourth-order valence-corrected chi connectivity index (χ4v) is 5.58. The number of aliphatic carboxylic acids is 1. The van der Waals surface area contributed by atoms with Crippen LogP contribution in [0.15, 0.2) is 48.5 Å². The number of rotatable bonds is 8. The Morgan fingerprint density at radius 2 is 1.83 bits per heavy atom. The van der Waals surface area contributed by atoms with Crippen LogP contribution < -0.4 is 25.4 Å². The minimum absolute atomic E-state index is 0.0957. The van der Waals surface area contributed by atoms with E-state index in [-0.39, 0.29) is 28.6 Å². The maximum absolute atomic E-state index is 14.3. The molecule has 4 N–H and O–H groups in total. The molecule has 0 saturated carbocycles. The Balaban J connectivity index is 1.31. The summed E-state index contributed by atoms with van der Waals surface area (Å²) in [5.41, 5.74) is 6.54. The largest absolute Gasteiger partial charge is 0.491 e. The van der Waals surface area contributed by atoms with Crippen LogP contribution in [0, 0.1) is 11.2 Å². The minimum Gasteiger partial charge on any atom is -0.491 e. The third-order valence-electron chi connectivity index (χ3n) is 7.83. The van der Waals surface area contributed by atoms with E-state index in [9.17, 15) is 27.5 Å². The van der Waals surface area contributed by atoms with Gasteiger partial charge in [0.15, 0.2) is 11.6 Å². The summed E-state index contributed by atoms with van der Waals surface area (Å²) >= 11 is 0. The van der Waals surface area contributed by atoms with E-state index in [1.54, 1.807) is 13.0 Å². The molecule has 42 heavy (non-hydrogen) atoms. The number of halogens is 4. The first kappa shape index (κ1) is 29.4. The molecule has 3 heterocycles. The Morgan fingerprint density at radius 3 is 2.43 bits per heavy atom. The average molecular weight is 590 g/mol. The number of nitrogens with one attached hydrogen (secondary N) is 1. The third kappa shape index (κ3) is 6.35. The van der Waals surface area contributed by atoms with Crippen molar-refractivity contribution in [2.24, 2.45) is 5.41 Å². The molecule has 1 spiro atoms.